The lowest BCUT2D eigenvalue weighted by molar-refractivity contribution is -0.135. The highest BCUT2D eigenvalue weighted by Crippen LogP contribution is 2.31. The van der Waals surface area contributed by atoms with Crippen LogP contribution in [0.25, 0.3) is 0 Å². The van der Waals surface area contributed by atoms with Crippen LogP contribution in [0.2, 0.25) is 0 Å². The Labute approximate surface area is 172 Å². The second kappa shape index (κ2) is 7.80. The van der Waals surface area contributed by atoms with Crippen LogP contribution in [-0.4, -0.2) is 49.8 Å². The molecule has 0 unspecified atom stereocenters. The first-order chi connectivity index (χ1) is 13.9. The van der Waals surface area contributed by atoms with Crippen LogP contribution in [0.3, 0.4) is 0 Å². The van der Waals surface area contributed by atoms with Crippen LogP contribution in [0.15, 0.2) is 47.4 Å². The number of carbonyl (C=O) groups excluding carboxylic acids is 1. The Balaban J connectivity index is 1.60. The Kier molecular flexibility index (Phi) is 5.36. The summed E-state index contributed by atoms with van der Waals surface area (Å²) in [6.45, 7) is 3.29. The molecule has 2 heterocycles. The molecule has 0 saturated carbocycles. The second-order valence-electron chi connectivity index (χ2n) is 7.68. The van der Waals surface area contributed by atoms with Crippen molar-refractivity contribution in [1.29, 1.82) is 0 Å². The smallest absolute Gasteiger partial charge is 0.244 e. The van der Waals surface area contributed by atoms with Crippen LogP contribution < -0.4 is 4.74 Å². The Morgan fingerprint density at radius 1 is 1.10 bits per heavy atom. The summed E-state index contributed by atoms with van der Waals surface area (Å²) >= 11 is 0. The Morgan fingerprint density at radius 3 is 2.62 bits per heavy atom. The van der Waals surface area contributed by atoms with E-state index in [1.807, 2.05) is 18.2 Å². The van der Waals surface area contributed by atoms with Gasteiger partial charge in [0, 0.05) is 25.7 Å². The molecule has 1 saturated heterocycles. The van der Waals surface area contributed by atoms with Gasteiger partial charge in [0.2, 0.25) is 15.9 Å². The van der Waals surface area contributed by atoms with Crippen LogP contribution in [0.5, 0.6) is 5.75 Å². The maximum Gasteiger partial charge on any atom is 0.244 e. The third-order valence-electron chi connectivity index (χ3n) is 5.91. The predicted octanol–water partition coefficient (Wildman–Crippen LogP) is 2.74. The molecule has 29 heavy (non-hydrogen) atoms. The van der Waals surface area contributed by atoms with Gasteiger partial charge in [-0.2, -0.15) is 4.31 Å². The third kappa shape index (κ3) is 3.65. The Morgan fingerprint density at radius 2 is 1.86 bits per heavy atom. The van der Waals surface area contributed by atoms with Crippen molar-refractivity contribution in [2.24, 2.45) is 0 Å². The zero-order valence-electron chi connectivity index (χ0n) is 16.8. The van der Waals surface area contributed by atoms with Gasteiger partial charge in [0.1, 0.15) is 11.8 Å². The monoisotopic (exact) mass is 414 g/mol. The van der Waals surface area contributed by atoms with Crippen molar-refractivity contribution in [3.05, 3.63) is 59.2 Å². The predicted molar refractivity (Wildman–Crippen MR) is 110 cm³/mol. The molecule has 2 aliphatic heterocycles. The van der Waals surface area contributed by atoms with Crippen LogP contribution in [-0.2, 0) is 27.8 Å². The highest BCUT2D eigenvalue weighted by molar-refractivity contribution is 7.89. The first-order valence-electron chi connectivity index (χ1n) is 9.94. The van der Waals surface area contributed by atoms with Gasteiger partial charge >= 0.3 is 0 Å². The summed E-state index contributed by atoms with van der Waals surface area (Å²) in [5, 5.41) is 0. The number of methoxy groups -OCH3 is 1. The number of benzene rings is 2. The van der Waals surface area contributed by atoms with E-state index < -0.39 is 16.1 Å². The summed E-state index contributed by atoms with van der Waals surface area (Å²) in [6.07, 6.45) is 2.04. The van der Waals surface area contributed by atoms with Gasteiger partial charge in [-0.25, -0.2) is 8.42 Å². The van der Waals surface area contributed by atoms with Gasteiger partial charge in [0.15, 0.2) is 0 Å². The van der Waals surface area contributed by atoms with Crippen LogP contribution in [0, 0.1) is 6.92 Å². The summed E-state index contributed by atoms with van der Waals surface area (Å²) < 4.78 is 33.4. The van der Waals surface area contributed by atoms with Crippen molar-refractivity contribution >= 4 is 15.9 Å². The molecule has 2 aliphatic rings. The molecular weight excluding hydrogens is 388 g/mol. The molecule has 4 rings (SSSR count). The highest BCUT2D eigenvalue weighted by atomic mass is 32.2. The van der Waals surface area contributed by atoms with Gasteiger partial charge in [-0.15, -0.1) is 0 Å². The summed E-state index contributed by atoms with van der Waals surface area (Å²) in [5.74, 6) is 0.394. The molecule has 1 atom stereocenters. The molecular formula is C22H26N2O4S. The molecule has 0 aromatic heterocycles. The second-order valence-corrected chi connectivity index (χ2v) is 9.54. The van der Waals surface area contributed by atoms with E-state index in [1.165, 1.54) is 17.0 Å². The minimum atomic E-state index is -3.79. The molecule has 2 aromatic carbocycles. The van der Waals surface area contributed by atoms with Gasteiger partial charge in [-0.05, 0) is 48.9 Å². The summed E-state index contributed by atoms with van der Waals surface area (Å²) in [6, 6.07) is 12.5. The molecule has 1 fully saturated rings. The molecule has 7 heteroatoms. The van der Waals surface area contributed by atoms with E-state index in [0.717, 1.165) is 12.0 Å². The fourth-order valence-electron chi connectivity index (χ4n) is 4.28. The van der Waals surface area contributed by atoms with Crippen LogP contribution >= 0.6 is 0 Å². The fraction of sp³-hybridized carbons (Fsp3) is 0.409. The van der Waals surface area contributed by atoms with Gasteiger partial charge in [-0.1, -0.05) is 30.3 Å². The van der Waals surface area contributed by atoms with Crippen molar-refractivity contribution in [2.75, 3.05) is 20.2 Å². The summed E-state index contributed by atoms with van der Waals surface area (Å²) in [7, 11) is -2.28. The number of fused-ring (bicyclic) bond motifs is 1. The SMILES string of the molecule is COc1ccc(C)c(S(=O)(=O)N2CCC[C@H]2C(=O)N2CCc3ccccc3C2)c1. The Hall–Kier alpha value is -2.38. The summed E-state index contributed by atoms with van der Waals surface area (Å²) in [4.78, 5) is 15.3. The first kappa shape index (κ1) is 19.9. The van der Waals surface area contributed by atoms with E-state index in [0.29, 0.717) is 43.8 Å². The van der Waals surface area contributed by atoms with E-state index in [-0.39, 0.29) is 10.8 Å². The highest BCUT2D eigenvalue weighted by Gasteiger charge is 2.42. The quantitative estimate of drug-likeness (QED) is 0.772. The van der Waals surface area contributed by atoms with Gasteiger partial charge in [0.25, 0.3) is 0 Å². The number of ether oxygens (including phenoxy) is 1. The van der Waals surface area contributed by atoms with E-state index >= 15 is 0 Å². The third-order valence-corrected chi connectivity index (χ3v) is 7.96. The number of sulfonamides is 1. The maximum atomic E-state index is 13.4. The van der Waals surface area contributed by atoms with Crippen molar-refractivity contribution < 1.29 is 17.9 Å². The molecule has 6 nitrogen and oxygen atoms in total. The fourth-order valence-corrected chi connectivity index (χ4v) is 6.17. The molecule has 0 aliphatic carbocycles. The zero-order valence-corrected chi connectivity index (χ0v) is 17.6. The molecule has 0 bridgehead atoms. The maximum absolute atomic E-state index is 13.4. The number of aryl methyl sites for hydroxylation is 1. The number of hydrogen-bond donors (Lipinski definition) is 0. The van der Waals surface area contributed by atoms with E-state index in [2.05, 4.69) is 6.07 Å². The topological polar surface area (TPSA) is 66.9 Å². The van der Waals surface area contributed by atoms with Crippen molar-refractivity contribution in [3.8, 4) is 5.75 Å². The van der Waals surface area contributed by atoms with Crippen molar-refractivity contribution in [3.63, 3.8) is 0 Å². The molecule has 2 aromatic rings. The molecule has 1 amide bonds. The lowest BCUT2D eigenvalue weighted by atomic mass is 9.99. The van der Waals surface area contributed by atoms with Crippen LogP contribution in [0.1, 0.15) is 29.5 Å². The average Bonchev–Trinajstić information content (AvgIpc) is 3.24. The number of rotatable bonds is 4. The zero-order chi connectivity index (χ0) is 20.6. The largest absolute Gasteiger partial charge is 0.497 e. The van der Waals surface area contributed by atoms with E-state index in [4.69, 9.17) is 4.74 Å². The molecule has 0 radical (unpaired) electrons. The van der Waals surface area contributed by atoms with Gasteiger partial charge in [-0.3, -0.25) is 4.79 Å². The molecule has 0 spiro atoms. The standard InChI is InChI=1S/C22H26N2O4S/c1-16-9-10-19(28-2)14-21(16)29(26,27)24-12-5-8-20(24)22(25)23-13-11-17-6-3-4-7-18(17)15-23/h3-4,6-7,9-10,14,20H,5,8,11-13,15H2,1-2H3/t20-/m0/s1. The summed E-state index contributed by atoms with van der Waals surface area (Å²) in [5.41, 5.74) is 3.05. The first-order valence-corrected chi connectivity index (χ1v) is 11.4. The minimum Gasteiger partial charge on any atom is -0.497 e. The van der Waals surface area contributed by atoms with E-state index in [1.54, 1.807) is 30.0 Å². The lowest BCUT2D eigenvalue weighted by Gasteiger charge is -2.33. The number of hydrogen-bond acceptors (Lipinski definition) is 4. The van der Waals surface area contributed by atoms with Crippen molar-refractivity contribution in [2.45, 2.75) is 43.7 Å². The number of carbonyl (C=O) groups is 1. The average molecular weight is 415 g/mol. The lowest BCUT2D eigenvalue weighted by Crippen LogP contribution is -2.49. The minimum absolute atomic E-state index is 0.0962. The van der Waals surface area contributed by atoms with Gasteiger partial charge < -0.3 is 9.64 Å². The normalized spacial score (nSPS) is 19.8. The van der Waals surface area contributed by atoms with Gasteiger partial charge in [0.05, 0.1) is 12.0 Å². The molecule has 0 N–H and O–H groups in total. The van der Waals surface area contributed by atoms with E-state index in [9.17, 15) is 13.2 Å². The number of amides is 1. The molecule has 154 valence electrons. The van der Waals surface area contributed by atoms with Crippen LogP contribution in [0.4, 0.5) is 0 Å². The van der Waals surface area contributed by atoms with Crippen molar-refractivity contribution in [1.82, 2.24) is 9.21 Å². The Bertz CT molecular complexity index is 1030. The number of nitrogens with zero attached hydrogens (tertiary/aromatic N) is 2.